The summed E-state index contributed by atoms with van der Waals surface area (Å²) in [5.74, 6) is 0.00415. The van der Waals surface area contributed by atoms with E-state index >= 15 is 0 Å². The SMILES string of the molecule is O=C(C(Cl)CN1CCCCC1)C(Cl)CN1CCCCC1. The summed E-state index contributed by atoms with van der Waals surface area (Å²) in [6.07, 6.45) is 7.46. The molecule has 2 heterocycles. The topological polar surface area (TPSA) is 23.6 Å². The van der Waals surface area contributed by atoms with Crippen molar-refractivity contribution in [2.75, 3.05) is 39.3 Å². The van der Waals surface area contributed by atoms with Crippen molar-refractivity contribution in [1.82, 2.24) is 9.80 Å². The van der Waals surface area contributed by atoms with E-state index < -0.39 is 10.8 Å². The first kappa shape index (κ1) is 16.5. The second-order valence-electron chi connectivity index (χ2n) is 6.06. The molecule has 116 valence electrons. The molecule has 5 heteroatoms. The third kappa shape index (κ3) is 5.18. The molecule has 2 saturated heterocycles. The van der Waals surface area contributed by atoms with Gasteiger partial charge < -0.3 is 9.80 Å². The lowest BCUT2D eigenvalue weighted by Gasteiger charge is -2.30. The second kappa shape index (κ2) is 8.57. The maximum Gasteiger partial charge on any atom is 0.171 e. The average Bonchev–Trinajstić information content (AvgIpc) is 2.48. The van der Waals surface area contributed by atoms with E-state index in [2.05, 4.69) is 9.80 Å². The van der Waals surface area contributed by atoms with Gasteiger partial charge in [0.15, 0.2) is 5.78 Å². The highest BCUT2D eigenvalue weighted by Crippen LogP contribution is 2.16. The van der Waals surface area contributed by atoms with E-state index in [1.807, 2.05) is 0 Å². The highest BCUT2D eigenvalue weighted by atomic mass is 35.5. The number of hydrogen-bond donors (Lipinski definition) is 0. The van der Waals surface area contributed by atoms with Gasteiger partial charge in [0.2, 0.25) is 0 Å². The molecular formula is C15H26Cl2N2O. The van der Waals surface area contributed by atoms with Gasteiger partial charge in [-0.1, -0.05) is 12.8 Å². The highest BCUT2D eigenvalue weighted by Gasteiger charge is 2.27. The lowest BCUT2D eigenvalue weighted by Crippen LogP contribution is -2.43. The summed E-state index contributed by atoms with van der Waals surface area (Å²) in [7, 11) is 0. The van der Waals surface area contributed by atoms with Crippen molar-refractivity contribution in [3.63, 3.8) is 0 Å². The molecule has 0 radical (unpaired) electrons. The Morgan fingerprint density at radius 2 is 1.10 bits per heavy atom. The fourth-order valence-electron chi connectivity index (χ4n) is 3.11. The van der Waals surface area contributed by atoms with Gasteiger partial charge in [-0.05, 0) is 51.9 Å². The van der Waals surface area contributed by atoms with Gasteiger partial charge in [0.05, 0.1) is 0 Å². The van der Waals surface area contributed by atoms with Gasteiger partial charge in [-0.25, -0.2) is 0 Å². The van der Waals surface area contributed by atoms with E-state index in [9.17, 15) is 4.79 Å². The van der Waals surface area contributed by atoms with Crippen molar-refractivity contribution in [2.45, 2.75) is 49.3 Å². The molecular weight excluding hydrogens is 295 g/mol. The van der Waals surface area contributed by atoms with E-state index in [1.165, 1.54) is 38.5 Å². The first-order valence-electron chi connectivity index (χ1n) is 7.93. The van der Waals surface area contributed by atoms with Crippen LogP contribution in [0, 0.1) is 0 Å². The van der Waals surface area contributed by atoms with Crippen LogP contribution in [0.4, 0.5) is 0 Å². The normalized spacial score (nSPS) is 25.3. The van der Waals surface area contributed by atoms with Crippen molar-refractivity contribution in [3.05, 3.63) is 0 Å². The monoisotopic (exact) mass is 320 g/mol. The third-order valence-corrected chi connectivity index (χ3v) is 5.06. The van der Waals surface area contributed by atoms with Crippen molar-refractivity contribution in [2.24, 2.45) is 0 Å². The van der Waals surface area contributed by atoms with Crippen LogP contribution in [-0.2, 0) is 4.79 Å². The zero-order valence-electron chi connectivity index (χ0n) is 12.2. The summed E-state index contributed by atoms with van der Waals surface area (Å²) in [4.78, 5) is 16.9. The Labute approximate surface area is 132 Å². The molecule has 2 aliphatic heterocycles. The predicted octanol–water partition coefficient (Wildman–Crippen LogP) is 2.74. The largest absolute Gasteiger partial charge is 0.301 e. The molecule has 0 aromatic rings. The Bertz CT molecular complexity index is 274. The Morgan fingerprint density at radius 3 is 1.45 bits per heavy atom. The molecule has 0 aliphatic carbocycles. The quantitative estimate of drug-likeness (QED) is 0.703. The molecule has 2 rings (SSSR count). The van der Waals surface area contributed by atoms with Crippen molar-refractivity contribution >= 4 is 29.0 Å². The first-order chi connectivity index (χ1) is 9.66. The summed E-state index contributed by atoms with van der Waals surface area (Å²) >= 11 is 12.6. The lowest BCUT2D eigenvalue weighted by molar-refractivity contribution is -0.119. The summed E-state index contributed by atoms with van der Waals surface area (Å²) in [6, 6.07) is 0. The molecule has 2 atom stereocenters. The molecule has 2 fully saturated rings. The Kier molecular flexibility index (Phi) is 7.09. The van der Waals surface area contributed by atoms with Gasteiger partial charge >= 0.3 is 0 Å². The van der Waals surface area contributed by atoms with Crippen molar-refractivity contribution in [3.8, 4) is 0 Å². The summed E-state index contributed by atoms with van der Waals surface area (Å²) in [5.41, 5.74) is 0. The van der Waals surface area contributed by atoms with Crippen molar-refractivity contribution < 1.29 is 4.79 Å². The molecule has 20 heavy (non-hydrogen) atoms. The number of ketones is 1. The average molecular weight is 321 g/mol. The molecule has 0 N–H and O–H groups in total. The lowest BCUT2D eigenvalue weighted by atomic mass is 10.1. The van der Waals surface area contributed by atoms with Crippen LogP contribution in [0.15, 0.2) is 0 Å². The molecule has 2 unspecified atom stereocenters. The zero-order chi connectivity index (χ0) is 14.4. The predicted molar refractivity (Wildman–Crippen MR) is 84.9 cm³/mol. The molecule has 0 aromatic heterocycles. The molecule has 0 aromatic carbocycles. The van der Waals surface area contributed by atoms with E-state index in [0.717, 1.165) is 26.2 Å². The van der Waals surface area contributed by atoms with Gasteiger partial charge in [0.1, 0.15) is 10.8 Å². The van der Waals surface area contributed by atoms with Crippen LogP contribution < -0.4 is 0 Å². The van der Waals surface area contributed by atoms with Gasteiger partial charge in [-0.2, -0.15) is 0 Å². The summed E-state index contributed by atoms with van der Waals surface area (Å²) in [6.45, 7) is 5.57. The fourth-order valence-corrected chi connectivity index (χ4v) is 3.87. The van der Waals surface area contributed by atoms with Gasteiger partial charge in [-0.3, -0.25) is 4.79 Å². The Hall–Kier alpha value is 0.170. The van der Waals surface area contributed by atoms with E-state index in [-0.39, 0.29) is 5.78 Å². The molecule has 0 bridgehead atoms. The van der Waals surface area contributed by atoms with Crippen LogP contribution in [-0.4, -0.2) is 65.6 Å². The van der Waals surface area contributed by atoms with Crippen LogP contribution in [0.1, 0.15) is 38.5 Å². The fraction of sp³-hybridized carbons (Fsp3) is 0.933. The number of hydrogen-bond acceptors (Lipinski definition) is 3. The minimum Gasteiger partial charge on any atom is -0.301 e. The number of nitrogens with zero attached hydrogens (tertiary/aromatic N) is 2. The molecule has 3 nitrogen and oxygen atoms in total. The van der Waals surface area contributed by atoms with E-state index in [1.54, 1.807) is 0 Å². The zero-order valence-corrected chi connectivity index (χ0v) is 13.7. The number of halogens is 2. The Morgan fingerprint density at radius 1 is 0.750 bits per heavy atom. The Balaban J connectivity index is 1.73. The van der Waals surface area contributed by atoms with Crippen LogP contribution in [0.2, 0.25) is 0 Å². The second-order valence-corrected chi connectivity index (χ2v) is 7.11. The molecule has 0 spiro atoms. The summed E-state index contributed by atoms with van der Waals surface area (Å²) < 4.78 is 0. The molecule has 0 saturated carbocycles. The maximum absolute atomic E-state index is 12.3. The molecule has 2 aliphatic rings. The number of likely N-dealkylation sites (tertiary alicyclic amines) is 2. The number of Topliss-reactive ketones (excluding diaryl/α,β-unsaturated/α-hetero) is 1. The number of rotatable bonds is 6. The van der Waals surface area contributed by atoms with E-state index in [4.69, 9.17) is 23.2 Å². The maximum atomic E-state index is 12.3. The number of piperidine rings is 2. The first-order valence-corrected chi connectivity index (χ1v) is 8.80. The number of carbonyl (C=O) groups is 1. The summed E-state index contributed by atoms with van der Waals surface area (Å²) in [5, 5.41) is -0.916. The van der Waals surface area contributed by atoms with Crippen LogP contribution in [0.25, 0.3) is 0 Å². The van der Waals surface area contributed by atoms with Crippen LogP contribution in [0.3, 0.4) is 0 Å². The van der Waals surface area contributed by atoms with Crippen molar-refractivity contribution in [1.29, 1.82) is 0 Å². The smallest absolute Gasteiger partial charge is 0.171 e. The van der Waals surface area contributed by atoms with Gasteiger partial charge in [0.25, 0.3) is 0 Å². The minimum atomic E-state index is -0.458. The highest BCUT2D eigenvalue weighted by molar-refractivity contribution is 6.40. The minimum absolute atomic E-state index is 0.00415. The number of alkyl halides is 2. The number of carbonyl (C=O) groups excluding carboxylic acids is 1. The van der Waals surface area contributed by atoms with Gasteiger partial charge in [-0.15, -0.1) is 23.2 Å². The van der Waals surface area contributed by atoms with Crippen LogP contribution in [0.5, 0.6) is 0 Å². The van der Waals surface area contributed by atoms with Crippen LogP contribution >= 0.6 is 23.2 Å². The van der Waals surface area contributed by atoms with Gasteiger partial charge in [0, 0.05) is 13.1 Å². The third-order valence-electron chi connectivity index (χ3n) is 4.35. The van der Waals surface area contributed by atoms with E-state index in [0.29, 0.717) is 13.1 Å². The standard InChI is InChI=1S/C15H26Cl2N2O/c16-13(11-18-7-3-1-4-8-18)15(20)14(17)12-19-9-5-2-6-10-19/h13-14H,1-12H2. The molecule has 0 amide bonds.